The van der Waals surface area contributed by atoms with E-state index in [0.29, 0.717) is 0 Å². The Kier molecular flexibility index (Phi) is 1.79. The molecule has 2 heterocycles. The van der Waals surface area contributed by atoms with Crippen LogP contribution in [0.2, 0.25) is 0 Å². The largest absolute Gasteiger partial charge is 0.261 e. The molecule has 0 bridgehead atoms. The van der Waals surface area contributed by atoms with Gasteiger partial charge in [-0.05, 0) is 12.5 Å². The third-order valence-corrected chi connectivity index (χ3v) is 2.68. The highest BCUT2D eigenvalue weighted by molar-refractivity contribution is 5.79. The standard InChI is InChI=1S/C10H13N3/c1-3-10(2)7-12-13-9-8(10)5-4-6-11-9/h4-7H,3H2,1-2H3,(H,11,13). The zero-order valence-electron chi connectivity index (χ0n) is 7.91. The zero-order valence-corrected chi connectivity index (χ0v) is 7.91. The van der Waals surface area contributed by atoms with Crippen molar-refractivity contribution < 1.29 is 0 Å². The van der Waals surface area contributed by atoms with E-state index < -0.39 is 0 Å². The molecule has 1 unspecified atom stereocenters. The fourth-order valence-electron chi connectivity index (χ4n) is 1.54. The molecule has 1 aliphatic rings. The lowest BCUT2D eigenvalue weighted by molar-refractivity contribution is 0.617. The number of anilines is 1. The van der Waals surface area contributed by atoms with Crippen LogP contribution in [0.25, 0.3) is 0 Å². The second-order valence-corrected chi connectivity index (χ2v) is 3.54. The van der Waals surface area contributed by atoms with Gasteiger partial charge in [-0.1, -0.05) is 19.9 Å². The molecule has 1 N–H and O–H groups in total. The Bertz CT molecular complexity index is 346. The van der Waals surface area contributed by atoms with Crippen LogP contribution in [0, 0.1) is 0 Å². The molecule has 3 nitrogen and oxygen atoms in total. The number of pyridine rings is 1. The van der Waals surface area contributed by atoms with E-state index in [9.17, 15) is 0 Å². The second-order valence-electron chi connectivity index (χ2n) is 3.54. The Labute approximate surface area is 77.9 Å². The van der Waals surface area contributed by atoms with E-state index in [1.807, 2.05) is 12.3 Å². The summed E-state index contributed by atoms with van der Waals surface area (Å²) in [6.45, 7) is 4.34. The molecule has 68 valence electrons. The predicted octanol–water partition coefficient (Wildman–Crippen LogP) is 2.16. The Morgan fingerprint density at radius 2 is 2.38 bits per heavy atom. The Morgan fingerprint density at radius 3 is 3.15 bits per heavy atom. The van der Waals surface area contributed by atoms with Crippen LogP contribution in [0.4, 0.5) is 5.82 Å². The van der Waals surface area contributed by atoms with E-state index in [1.165, 1.54) is 5.56 Å². The summed E-state index contributed by atoms with van der Waals surface area (Å²) in [6, 6.07) is 4.07. The Morgan fingerprint density at radius 1 is 1.54 bits per heavy atom. The van der Waals surface area contributed by atoms with Gasteiger partial charge in [-0.25, -0.2) is 4.98 Å². The van der Waals surface area contributed by atoms with Crippen LogP contribution in [0.1, 0.15) is 25.8 Å². The number of fused-ring (bicyclic) bond motifs is 1. The van der Waals surface area contributed by atoms with Crippen molar-refractivity contribution in [3.05, 3.63) is 23.9 Å². The summed E-state index contributed by atoms with van der Waals surface area (Å²) >= 11 is 0. The van der Waals surface area contributed by atoms with Crippen molar-refractivity contribution >= 4 is 12.0 Å². The van der Waals surface area contributed by atoms with Crippen LogP contribution >= 0.6 is 0 Å². The molecule has 13 heavy (non-hydrogen) atoms. The quantitative estimate of drug-likeness (QED) is 0.710. The molecule has 0 fully saturated rings. The van der Waals surface area contributed by atoms with Crippen LogP contribution in [0.15, 0.2) is 23.4 Å². The molecule has 0 amide bonds. The van der Waals surface area contributed by atoms with Crippen molar-refractivity contribution in [3.63, 3.8) is 0 Å². The first-order valence-corrected chi connectivity index (χ1v) is 4.52. The van der Waals surface area contributed by atoms with E-state index in [4.69, 9.17) is 0 Å². The van der Waals surface area contributed by atoms with Crippen LogP contribution in [-0.4, -0.2) is 11.2 Å². The fraction of sp³-hybridized carbons (Fsp3) is 0.400. The highest BCUT2D eigenvalue weighted by atomic mass is 15.3. The van der Waals surface area contributed by atoms with Crippen LogP contribution in [-0.2, 0) is 5.41 Å². The molecule has 0 aliphatic carbocycles. The van der Waals surface area contributed by atoms with Crippen molar-refractivity contribution in [2.45, 2.75) is 25.7 Å². The first-order chi connectivity index (χ1) is 6.26. The van der Waals surface area contributed by atoms with Gasteiger partial charge in [0.1, 0.15) is 5.82 Å². The summed E-state index contributed by atoms with van der Waals surface area (Å²) in [5.74, 6) is 0.884. The van der Waals surface area contributed by atoms with E-state index in [2.05, 4.69) is 35.4 Å². The van der Waals surface area contributed by atoms with Crippen molar-refractivity contribution in [2.24, 2.45) is 5.10 Å². The molecular formula is C10H13N3. The van der Waals surface area contributed by atoms with Crippen molar-refractivity contribution in [1.82, 2.24) is 4.98 Å². The molecule has 1 aliphatic heterocycles. The maximum atomic E-state index is 4.24. The smallest absolute Gasteiger partial charge is 0.150 e. The lowest BCUT2D eigenvalue weighted by Gasteiger charge is -2.28. The number of nitrogens with one attached hydrogen (secondary N) is 1. The Hall–Kier alpha value is -1.38. The van der Waals surface area contributed by atoms with Crippen molar-refractivity contribution in [3.8, 4) is 0 Å². The fourth-order valence-corrected chi connectivity index (χ4v) is 1.54. The van der Waals surface area contributed by atoms with Crippen LogP contribution < -0.4 is 5.43 Å². The van der Waals surface area contributed by atoms with Gasteiger partial charge in [-0.15, -0.1) is 0 Å². The molecule has 0 spiro atoms. The van der Waals surface area contributed by atoms with E-state index in [1.54, 1.807) is 6.20 Å². The second kappa shape index (κ2) is 2.83. The number of hydrogen-bond acceptors (Lipinski definition) is 3. The molecule has 0 radical (unpaired) electrons. The minimum absolute atomic E-state index is 0.0366. The lowest BCUT2D eigenvalue weighted by Crippen LogP contribution is -2.28. The predicted molar refractivity (Wildman–Crippen MR) is 54.0 cm³/mol. The lowest BCUT2D eigenvalue weighted by atomic mass is 9.81. The van der Waals surface area contributed by atoms with E-state index in [0.717, 1.165) is 12.2 Å². The summed E-state index contributed by atoms with van der Waals surface area (Å²) in [6.07, 6.45) is 4.77. The number of aromatic nitrogens is 1. The highest BCUT2D eigenvalue weighted by Crippen LogP contribution is 2.32. The summed E-state index contributed by atoms with van der Waals surface area (Å²) in [5.41, 5.74) is 4.18. The molecule has 0 saturated heterocycles. The van der Waals surface area contributed by atoms with Gasteiger partial charge in [0.05, 0.1) is 0 Å². The Balaban J connectivity index is 2.54. The molecule has 0 aromatic carbocycles. The minimum atomic E-state index is 0.0366. The number of rotatable bonds is 1. The first kappa shape index (κ1) is 8.23. The molecule has 1 aromatic heterocycles. The molecule has 3 heteroatoms. The van der Waals surface area contributed by atoms with Crippen molar-refractivity contribution in [1.29, 1.82) is 0 Å². The van der Waals surface area contributed by atoms with Crippen LogP contribution in [0.3, 0.4) is 0 Å². The molecule has 1 atom stereocenters. The monoisotopic (exact) mass is 175 g/mol. The van der Waals surface area contributed by atoms with Gasteiger partial charge in [0.25, 0.3) is 0 Å². The summed E-state index contributed by atoms with van der Waals surface area (Å²) < 4.78 is 0. The maximum Gasteiger partial charge on any atom is 0.150 e. The molecule has 1 aromatic rings. The number of hydrazone groups is 1. The topological polar surface area (TPSA) is 37.3 Å². The van der Waals surface area contributed by atoms with Gasteiger partial charge < -0.3 is 0 Å². The summed E-state index contributed by atoms with van der Waals surface area (Å²) in [5, 5.41) is 4.10. The van der Waals surface area contributed by atoms with E-state index >= 15 is 0 Å². The minimum Gasteiger partial charge on any atom is -0.261 e. The number of nitrogens with zero attached hydrogens (tertiary/aromatic N) is 2. The third kappa shape index (κ3) is 1.20. The van der Waals surface area contributed by atoms with Crippen LogP contribution in [0.5, 0.6) is 0 Å². The SMILES string of the molecule is CCC1(C)C=NNc2ncccc21. The highest BCUT2D eigenvalue weighted by Gasteiger charge is 2.28. The first-order valence-electron chi connectivity index (χ1n) is 4.52. The average Bonchev–Trinajstić information content (AvgIpc) is 2.19. The van der Waals surface area contributed by atoms with Crippen molar-refractivity contribution in [2.75, 3.05) is 5.43 Å². The summed E-state index contributed by atoms with van der Waals surface area (Å²) in [4.78, 5) is 4.24. The number of hydrogen-bond donors (Lipinski definition) is 1. The summed E-state index contributed by atoms with van der Waals surface area (Å²) in [7, 11) is 0. The van der Waals surface area contributed by atoms with Gasteiger partial charge >= 0.3 is 0 Å². The van der Waals surface area contributed by atoms with E-state index in [-0.39, 0.29) is 5.41 Å². The normalized spacial score (nSPS) is 25.1. The molecule has 0 saturated carbocycles. The third-order valence-electron chi connectivity index (χ3n) is 2.68. The zero-order chi connectivity index (χ0) is 9.31. The maximum absolute atomic E-state index is 4.24. The molecule has 2 rings (SSSR count). The molecular weight excluding hydrogens is 162 g/mol. The van der Waals surface area contributed by atoms with Gasteiger partial charge in [0, 0.05) is 23.4 Å². The van der Waals surface area contributed by atoms with Gasteiger partial charge in [-0.2, -0.15) is 5.10 Å². The van der Waals surface area contributed by atoms with Gasteiger partial charge in [0.2, 0.25) is 0 Å². The average molecular weight is 175 g/mol. The van der Waals surface area contributed by atoms with Gasteiger partial charge in [0.15, 0.2) is 0 Å². The van der Waals surface area contributed by atoms with Gasteiger partial charge in [-0.3, -0.25) is 5.43 Å².